The lowest BCUT2D eigenvalue weighted by Gasteiger charge is -2.25. The van der Waals surface area contributed by atoms with E-state index in [1.807, 2.05) is 5.53 Å². The zero-order chi connectivity index (χ0) is 26.9. The number of hydrogen-bond donors (Lipinski definition) is 3. The number of aromatic nitrogens is 1. The van der Waals surface area contributed by atoms with E-state index < -0.39 is 53.3 Å². The van der Waals surface area contributed by atoms with Crippen molar-refractivity contribution >= 4 is 16.9 Å². The van der Waals surface area contributed by atoms with E-state index in [9.17, 15) is 39.5 Å². The Morgan fingerprint density at radius 3 is 1.94 bits per heavy atom. The Labute approximate surface area is 197 Å². The minimum absolute atomic E-state index is 0.0157. The molecule has 0 saturated heterocycles. The van der Waals surface area contributed by atoms with Gasteiger partial charge >= 0.3 is 18.5 Å². The van der Waals surface area contributed by atoms with Crippen LogP contribution in [0.3, 0.4) is 0 Å². The molecule has 0 bridgehead atoms. The summed E-state index contributed by atoms with van der Waals surface area (Å²) in [6.45, 7) is -0.863. The number of hydrogen-bond acceptors (Lipinski definition) is 4. The van der Waals surface area contributed by atoms with Crippen LogP contribution in [0.15, 0.2) is 53.8 Å². The molecule has 3 aromatic rings. The molecule has 0 aliphatic heterocycles. The van der Waals surface area contributed by atoms with Crippen LogP contribution in [0.2, 0.25) is 0 Å². The highest BCUT2D eigenvalue weighted by molar-refractivity contribution is 5.83. The van der Waals surface area contributed by atoms with Gasteiger partial charge in [-0.1, -0.05) is 12.1 Å². The highest BCUT2D eigenvalue weighted by Gasteiger charge is 2.37. The lowest BCUT2D eigenvalue weighted by Crippen LogP contribution is -2.38. The second-order valence-corrected chi connectivity index (χ2v) is 7.59. The number of guanidine groups is 1. The van der Waals surface area contributed by atoms with Gasteiger partial charge in [-0.05, 0) is 41.5 Å². The molecule has 15 heteroatoms. The Hall–Kier alpha value is -3.75. The second kappa shape index (κ2) is 9.72. The molecule has 0 saturated carbocycles. The number of alkyl halides is 9. The molecule has 1 aromatic heterocycles. The molecule has 0 spiro atoms. The summed E-state index contributed by atoms with van der Waals surface area (Å²) in [5.41, 5.74) is 3.15. The first-order chi connectivity index (χ1) is 16.6. The van der Waals surface area contributed by atoms with Crippen LogP contribution in [0.1, 0.15) is 27.8 Å². The summed E-state index contributed by atoms with van der Waals surface area (Å²) in [5.74, 6) is 4.68. The second-order valence-electron chi connectivity index (χ2n) is 7.59. The molecule has 194 valence electrons. The lowest BCUT2D eigenvalue weighted by atomic mass is 10.0. The third kappa shape index (κ3) is 6.27. The van der Waals surface area contributed by atoms with Gasteiger partial charge in [-0.25, -0.2) is 11.4 Å². The number of para-hydroxylation sites is 1. The number of nitrogens with one attached hydrogen (secondary N) is 1. The van der Waals surface area contributed by atoms with Crippen molar-refractivity contribution in [2.24, 2.45) is 16.7 Å². The maximum absolute atomic E-state index is 13.2. The average molecular weight is 524 g/mol. The van der Waals surface area contributed by atoms with Crippen LogP contribution in [-0.4, -0.2) is 15.8 Å². The van der Waals surface area contributed by atoms with Crippen LogP contribution in [0, 0.1) is 0 Å². The molecule has 36 heavy (non-hydrogen) atoms. The van der Waals surface area contributed by atoms with Crippen LogP contribution in [-0.2, 0) is 31.6 Å². The van der Waals surface area contributed by atoms with Gasteiger partial charge in [-0.2, -0.15) is 39.5 Å². The number of pyridine rings is 1. The summed E-state index contributed by atoms with van der Waals surface area (Å²) in [6.07, 6.45) is -13.7. The molecule has 1 heterocycles. The van der Waals surface area contributed by atoms with E-state index in [2.05, 4.69) is 10.1 Å². The van der Waals surface area contributed by atoms with Gasteiger partial charge in [0.1, 0.15) is 0 Å². The first-order valence-electron chi connectivity index (χ1n) is 9.86. The molecule has 0 radical (unpaired) electrons. The number of fused-ring (bicyclic) bond motifs is 1. The van der Waals surface area contributed by atoms with Crippen LogP contribution in [0.25, 0.3) is 10.9 Å². The third-order valence-corrected chi connectivity index (χ3v) is 4.97. The minimum Gasteiger partial charge on any atom is -0.368 e. The van der Waals surface area contributed by atoms with Gasteiger partial charge < -0.3 is 10.6 Å². The maximum Gasteiger partial charge on any atom is 0.418 e. The molecule has 0 amide bonds. The summed E-state index contributed by atoms with van der Waals surface area (Å²) in [7, 11) is 0. The van der Waals surface area contributed by atoms with E-state index in [0.717, 1.165) is 17.2 Å². The van der Waals surface area contributed by atoms with E-state index in [0.29, 0.717) is 12.1 Å². The van der Waals surface area contributed by atoms with Gasteiger partial charge in [0.05, 0.1) is 22.2 Å². The molecule has 3 rings (SSSR count). The lowest BCUT2D eigenvalue weighted by molar-refractivity contribution is -0.143. The maximum atomic E-state index is 13.2. The van der Waals surface area contributed by atoms with Gasteiger partial charge in [0.25, 0.3) is 0 Å². The number of benzene rings is 2. The molecular formula is C21H17F9N6. The van der Waals surface area contributed by atoms with Crippen molar-refractivity contribution in [1.29, 1.82) is 0 Å². The van der Waals surface area contributed by atoms with E-state index in [-0.39, 0.29) is 29.1 Å². The van der Waals surface area contributed by atoms with Crippen molar-refractivity contribution in [2.75, 3.05) is 0 Å². The molecule has 0 aliphatic rings. The first-order valence-corrected chi connectivity index (χ1v) is 9.86. The molecule has 0 aliphatic carbocycles. The highest BCUT2D eigenvalue weighted by Crippen LogP contribution is 2.37. The Bertz CT molecular complexity index is 1230. The van der Waals surface area contributed by atoms with Crippen molar-refractivity contribution in [3.05, 3.63) is 76.5 Å². The summed E-state index contributed by atoms with van der Waals surface area (Å²) >= 11 is 0. The van der Waals surface area contributed by atoms with Crippen molar-refractivity contribution in [3.8, 4) is 0 Å². The van der Waals surface area contributed by atoms with Crippen molar-refractivity contribution < 1.29 is 39.5 Å². The Kier molecular flexibility index (Phi) is 7.25. The number of hydrazone groups is 1. The van der Waals surface area contributed by atoms with Gasteiger partial charge in [0, 0.05) is 24.7 Å². The van der Waals surface area contributed by atoms with Gasteiger partial charge in [-0.15, -0.1) is 5.10 Å². The van der Waals surface area contributed by atoms with Crippen LogP contribution in [0.5, 0.6) is 0 Å². The molecular weight excluding hydrogens is 507 g/mol. The molecule has 6 nitrogen and oxygen atoms in total. The van der Waals surface area contributed by atoms with E-state index in [1.165, 1.54) is 18.2 Å². The van der Waals surface area contributed by atoms with Crippen LogP contribution < -0.4 is 17.1 Å². The molecule has 2 aromatic carbocycles. The Balaban J connectivity index is 2.01. The largest absolute Gasteiger partial charge is 0.418 e. The molecule has 0 fully saturated rings. The normalized spacial score (nSPS) is 13.2. The number of nitrogens with zero attached hydrogens (tertiary/aromatic N) is 3. The molecule has 0 unspecified atom stereocenters. The van der Waals surface area contributed by atoms with E-state index in [4.69, 9.17) is 11.6 Å². The first kappa shape index (κ1) is 26.8. The highest BCUT2D eigenvalue weighted by atomic mass is 19.4. The Morgan fingerprint density at radius 1 is 0.833 bits per heavy atom. The average Bonchev–Trinajstić information content (AvgIpc) is 2.76. The number of nitrogens with two attached hydrogens (primary N) is 2. The fourth-order valence-electron chi connectivity index (χ4n) is 3.43. The standard InChI is InChI=1S/C21H17F9N6/c22-19(23,24)14-5-11(6-15(7-14)20(25,26)27)9-36(18(31)34-35-32)10-12-4-13-2-1-3-16(21(28,29)30)17(13)33-8-12/h1-8,35H,9-10,32H2,(H2,31,34). The van der Waals surface area contributed by atoms with E-state index >= 15 is 0 Å². The predicted molar refractivity (Wildman–Crippen MR) is 111 cm³/mol. The van der Waals surface area contributed by atoms with E-state index in [1.54, 1.807) is 0 Å². The third-order valence-electron chi connectivity index (χ3n) is 4.97. The van der Waals surface area contributed by atoms with Crippen molar-refractivity contribution in [1.82, 2.24) is 15.4 Å². The molecule has 0 atom stereocenters. The van der Waals surface area contributed by atoms with Gasteiger partial charge in [-0.3, -0.25) is 4.98 Å². The molecule has 5 N–H and O–H groups in total. The number of hydrazine groups is 1. The van der Waals surface area contributed by atoms with Crippen LogP contribution in [0.4, 0.5) is 39.5 Å². The summed E-state index contributed by atoms with van der Waals surface area (Å²) in [5, 5.41) is 3.61. The fourth-order valence-corrected chi connectivity index (χ4v) is 3.43. The number of rotatable bonds is 5. The number of halogens is 9. The minimum atomic E-state index is -5.06. The van der Waals surface area contributed by atoms with Crippen LogP contribution >= 0.6 is 0 Å². The van der Waals surface area contributed by atoms with Gasteiger partial charge in [0.2, 0.25) is 5.96 Å². The van der Waals surface area contributed by atoms with Crippen molar-refractivity contribution in [2.45, 2.75) is 31.6 Å². The zero-order valence-electron chi connectivity index (χ0n) is 17.9. The monoisotopic (exact) mass is 524 g/mol. The van der Waals surface area contributed by atoms with Crippen molar-refractivity contribution in [3.63, 3.8) is 0 Å². The zero-order valence-corrected chi connectivity index (χ0v) is 17.9. The SMILES string of the molecule is NN/N=C(\N)N(Cc1cc(C(F)(F)F)cc(C(F)(F)F)c1)Cc1cnc2c(C(F)(F)F)cccc2c1. The predicted octanol–water partition coefficient (Wildman–Crippen LogP) is 4.99. The fraction of sp³-hybridized carbons (Fsp3) is 0.238. The smallest absolute Gasteiger partial charge is 0.368 e. The van der Waals surface area contributed by atoms with Gasteiger partial charge in [0.15, 0.2) is 0 Å². The summed E-state index contributed by atoms with van der Waals surface area (Å²) in [6, 6.07) is 5.76. The summed E-state index contributed by atoms with van der Waals surface area (Å²) < 4.78 is 119. The Morgan fingerprint density at radius 2 is 1.42 bits per heavy atom. The topological polar surface area (TPSA) is 92.6 Å². The quantitative estimate of drug-likeness (QED) is 0.144. The summed E-state index contributed by atoms with van der Waals surface area (Å²) in [4.78, 5) is 4.92.